The Balaban J connectivity index is 1.36. The normalized spacial score (nSPS) is 14.6. The van der Waals surface area contributed by atoms with Crippen LogP contribution in [0.15, 0.2) is 47.7 Å². The number of amides is 1. The van der Waals surface area contributed by atoms with Crippen molar-refractivity contribution in [2.45, 2.75) is 19.9 Å². The van der Waals surface area contributed by atoms with Gasteiger partial charge < -0.3 is 20.4 Å². The summed E-state index contributed by atoms with van der Waals surface area (Å²) in [6, 6.07) is 10.2. The average Bonchev–Trinajstić information content (AvgIpc) is 2.78. The molecule has 3 rings (SSSR count). The molecule has 1 fully saturated rings. The van der Waals surface area contributed by atoms with Gasteiger partial charge in [0.05, 0.1) is 0 Å². The van der Waals surface area contributed by atoms with Crippen LogP contribution in [0, 0.1) is 6.92 Å². The number of anilines is 1. The number of rotatable bonds is 6. The third-order valence-electron chi connectivity index (χ3n) is 4.90. The fourth-order valence-electron chi connectivity index (χ4n) is 3.17. The monoisotopic (exact) mass is 395 g/mol. The Bertz CT molecular complexity index is 800. The fraction of sp³-hybridized carbons (Fsp3) is 0.429. The van der Waals surface area contributed by atoms with E-state index in [1.165, 1.54) is 11.1 Å². The number of benzene rings is 1. The highest BCUT2D eigenvalue weighted by atomic mass is 16.2. The van der Waals surface area contributed by atoms with Crippen LogP contribution in [-0.4, -0.2) is 66.5 Å². The molecule has 1 aromatic heterocycles. The number of carbonyl (C=O) groups is 1. The van der Waals surface area contributed by atoms with Gasteiger partial charge in [-0.25, -0.2) is 9.97 Å². The van der Waals surface area contributed by atoms with E-state index in [9.17, 15) is 4.79 Å². The van der Waals surface area contributed by atoms with Gasteiger partial charge in [-0.15, -0.1) is 0 Å². The summed E-state index contributed by atoms with van der Waals surface area (Å²) in [6.45, 7) is 6.21. The Morgan fingerprint density at radius 2 is 1.76 bits per heavy atom. The smallest absolute Gasteiger partial charge is 0.225 e. The molecule has 0 atom stereocenters. The fourth-order valence-corrected chi connectivity index (χ4v) is 3.17. The number of hydrogen-bond donors (Lipinski definition) is 2. The largest absolute Gasteiger partial charge is 0.356 e. The molecule has 1 aliphatic heterocycles. The average molecular weight is 396 g/mol. The molecule has 0 spiro atoms. The van der Waals surface area contributed by atoms with E-state index in [0.29, 0.717) is 38.6 Å². The lowest BCUT2D eigenvalue weighted by Crippen LogP contribution is -2.50. The Morgan fingerprint density at radius 3 is 2.41 bits per heavy atom. The predicted molar refractivity (Wildman–Crippen MR) is 115 cm³/mol. The Kier molecular flexibility index (Phi) is 7.38. The van der Waals surface area contributed by atoms with Crippen molar-refractivity contribution in [3.63, 3.8) is 0 Å². The molecule has 8 heteroatoms. The number of hydrogen-bond acceptors (Lipinski definition) is 5. The van der Waals surface area contributed by atoms with Crippen molar-refractivity contribution in [1.82, 2.24) is 25.5 Å². The van der Waals surface area contributed by atoms with E-state index in [-0.39, 0.29) is 5.91 Å². The molecule has 2 heterocycles. The predicted octanol–water partition coefficient (Wildman–Crippen LogP) is 1.19. The van der Waals surface area contributed by atoms with E-state index in [1.807, 2.05) is 4.90 Å². The van der Waals surface area contributed by atoms with Crippen LogP contribution in [0.2, 0.25) is 0 Å². The van der Waals surface area contributed by atoms with E-state index in [2.05, 4.69) is 61.7 Å². The van der Waals surface area contributed by atoms with Crippen molar-refractivity contribution in [2.24, 2.45) is 4.99 Å². The van der Waals surface area contributed by atoms with Gasteiger partial charge in [0, 0.05) is 65.1 Å². The van der Waals surface area contributed by atoms with Gasteiger partial charge in [0.1, 0.15) is 0 Å². The second-order valence-corrected chi connectivity index (χ2v) is 7.00. The first kappa shape index (κ1) is 20.6. The molecule has 8 nitrogen and oxygen atoms in total. The Morgan fingerprint density at radius 1 is 1.07 bits per heavy atom. The van der Waals surface area contributed by atoms with Gasteiger partial charge in [0.15, 0.2) is 5.96 Å². The van der Waals surface area contributed by atoms with Crippen LogP contribution in [0.25, 0.3) is 0 Å². The maximum atomic E-state index is 12.5. The number of aromatic nitrogens is 2. The van der Waals surface area contributed by atoms with Gasteiger partial charge >= 0.3 is 0 Å². The van der Waals surface area contributed by atoms with Crippen molar-refractivity contribution in [2.75, 3.05) is 44.7 Å². The SMILES string of the molecule is CN=C(NCCC(=O)N1CCN(c2ncccn2)CC1)NCc1ccc(C)cc1. The third-order valence-corrected chi connectivity index (χ3v) is 4.90. The zero-order chi connectivity index (χ0) is 20.5. The van der Waals surface area contributed by atoms with E-state index in [1.54, 1.807) is 25.5 Å². The summed E-state index contributed by atoms with van der Waals surface area (Å²) in [7, 11) is 1.73. The summed E-state index contributed by atoms with van der Waals surface area (Å²) < 4.78 is 0. The zero-order valence-electron chi connectivity index (χ0n) is 17.1. The molecule has 1 aliphatic rings. The standard InChI is InChI=1S/C21H29N7O/c1-17-4-6-18(7-5-17)16-26-20(22-2)23-11-8-19(29)27-12-14-28(15-13-27)21-24-9-3-10-25-21/h3-7,9-10H,8,11-16H2,1-2H3,(H2,22,23,26). The van der Waals surface area contributed by atoms with E-state index < -0.39 is 0 Å². The molecule has 1 amide bonds. The molecular formula is C21H29N7O. The summed E-state index contributed by atoms with van der Waals surface area (Å²) in [5, 5.41) is 6.49. The number of aliphatic imine (C=N–C) groups is 1. The first-order valence-electron chi connectivity index (χ1n) is 9.95. The van der Waals surface area contributed by atoms with E-state index in [0.717, 1.165) is 19.0 Å². The second kappa shape index (κ2) is 10.4. The molecular weight excluding hydrogens is 366 g/mol. The summed E-state index contributed by atoms with van der Waals surface area (Å²) in [5.41, 5.74) is 2.43. The molecule has 1 aromatic carbocycles. The van der Waals surface area contributed by atoms with Crippen LogP contribution in [-0.2, 0) is 11.3 Å². The van der Waals surface area contributed by atoms with E-state index in [4.69, 9.17) is 0 Å². The number of piperazine rings is 1. The van der Waals surface area contributed by atoms with Crippen molar-refractivity contribution in [3.05, 3.63) is 53.9 Å². The summed E-state index contributed by atoms with van der Waals surface area (Å²) >= 11 is 0. The first-order chi connectivity index (χ1) is 14.2. The summed E-state index contributed by atoms with van der Waals surface area (Å²) in [5.74, 6) is 1.58. The highest BCUT2D eigenvalue weighted by Gasteiger charge is 2.22. The molecule has 154 valence electrons. The van der Waals surface area contributed by atoms with Gasteiger partial charge in [-0.1, -0.05) is 29.8 Å². The van der Waals surface area contributed by atoms with Crippen molar-refractivity contribution >= 4 is 17.8 Å². The maximum Gasteiger partial charge on any atom is 0.225 e. The summed E-state index contributed by atoms with van der Waals surface area (Å²) in [6.07, 6.45) is 3.92. The van der Waals surface area contributed by atoms with Crippen LogP contribution >= 0.6 is 0 Å². The van der Waals surface area contributed by atoms with Gasteiger partial charge in [0.2, 0.25) is 11.9 Å². The Labute approximate surface area is 172 Å². The molecule has 0 unspecified atom stereocenters. The van der Waals surface area contributed by atoms with Crippen molar-refractivity contribution < 1.29 is 4.79 Å². The molecule has 2 aromatic rings. The molecule has 0 radical (unpaired) electrons. The van der Waals surface area contributed by atoms with Gasteiger partial charge in [-0.05, 0) is 18.6 Å². The topological polar surface area (TPSA) is 85.8 Å². The molecule has 0 aliphatic carbocycles. The lowest BCUT2D eigenvalue weighted by molar-refractivity contribution is -0.131. The molecule has 0 bridgehead atoms. The van der Waals surface area contributed by atoms with Crippen LogP contribution < -0.4 is 15.5 Å². The van der Waals surface area contributed by atoms with Crippen LogP contribution in [0.5, 0.6) is 0 Å². The lowest BCUT2D eigenvalue weighted by Gasteiger charge is -2.34. The molecule has 0 saturated carbocycles. The highest BCUT2D eigenvalue weighted by molar-refractivity contribution is 5.81. The number of nitrogens with one attached hydrogen (secondary N) is 2. The third kappa shape index (κ3) is 6.17. The number of carbonyl (C=O) groups excluding carboxylic acids is 1. The number of guanidine groups is 1. The van der Waals surface area contributed by atoms with Crippen molar-refractivity contribution in [1.29, 1.82) is 0 Å². The highest BCUT2D eigenvalue weighted by Crippen LogP contribution is 2.10. The minimum Gasteiger partial charge on any atom is -0.356 e. The second-order valence-electron chi connectivity index (χ2n) is 7.00. The quantitative estimate of drug-likeness (QED) is 0.565. The minimum absolute atomic E-state index is 0.153. The van der Waals surface area contributed by atoms with Crippen LogP contribution in [0.3, 0.4) is 0 Å². The van der Waals surface area contributed by atoms with E-state index >= 15 is 0 Å². The maximum absolute atomic E-state index is 12.5. The number of nitrogens with zero attached hydrogens (tertiary/aromatic N) is 5. The lowest BCUT2D eigenvalue weighted by atomic mass is 10.1. The first-order valence-corrected chi connectivity index (χ1v) is 9.95. The van der Waals surface area contributed by atoms with Gasteiger partial charge in [0.25, 0.3) is 0 Å². The van der Waals surface area contributed by atoms with Crippen LogP contribution in [0.1, 0.15) is 17.5 Å². The molecule has 29 heavy (non-hydrogen) atoms. The molecule has 1 saturated heterocycles. The van der Waals surface area contributed by atoms with Crippen LogP contribution in [0.4, 0.5) is 5.95 Å². The summed E-state index contributed by atoms with van der Waals surface area (Å²) in [4.78, 5) is 29.3. The van der Waals surface area contributed by atoms with Gasteiger partial charge in [-0.2, -0.15) is 0 Å². The van der Waals surface area contributed by atoms with Crippen molar-refractivity contribution in [3.8, 4) is 0 Å². The van der Waals surface area contributed by atoms with Gasteiger partial charge in [-0.3, -0.25) is 9.79 Å². The minimum atomic E-state index is 0.153. The molecule has 2 N–H and O–H groups in total. The Hall–Kier alpha value is -3.16. The zero-order valence-corrected chi connectivity index (χ0v) is 17.1. The number of aryl methyl sites for hydroxylation is 1.